The summed E-state index contributed by atoms with van der Waals surface area (Å²) in [5.74, 6) is 2.07. The number of halogens is 1. The first-order valence-electron chi connectivity index (χ1n) is 12.0. The molecule has 1 saturated heterocycles. The summed E-state index contributed by atoms with van der Waals surface area (Å²) in [6.07, 6.45) is 7.51. The Morgan fingerprint density at radius 2 is 2.00 bits per heavy atom. The lowest BCUT2D eigenvalue weighted by Crippen LogP contribution is -2.62. The molecule has 0 N–H and O–H groups in total. The van der Waals surface area contributed by atoms with Crippen molar-refractivity contribution in [1.82, 2.24) is 4.90 Å². The van der Waals surface area contributed by atoms with Gasteiger partial charge in [-0.1, -0.05) is 49.2 Å². The van der Waals surface area contributed by atoms with Crippen molar-refractivity contribution in [3.8, 4) is 5.75 Å². The number of nitrogens with zero attached hydrogens (tertiary/aromatic N) is 1. The average molecular weight is 454 g/mol. The minimum absolute atomic E-state index is 0.164. The fraction of sp³-hybridized carbons (Fsp3) is 0.519. The van der Waals surface area contributed by atoms with Gasteiger partial charge in [-0.15, -0.1) is 11.6 Å². The van der Waals surface area contributed by atoms with Crippen LogP contribution in [0.5, 0.6) is 5.75 Å². The van der Waals surface area contributed by atoms with E-state index >= 15 is 0 Å². The van der Waals surface area contributed by atoms with Crippen molar-refractivity contribution in [2.75, 3.05) is 19.0 Å². The van der Waals surface area contributed by atoms with Crippen LogP contribution in [-0.4, -0.2) is 36.1 Å². The van der Waals surface area contributed by atoms with Gasteiger partial charge in [-0.25, -0.2) is 4.79 Å². The summed E-state index contributed by atoms with van der Waals surface area (Å²) in [4.78, 5) is 15.2. The fourth-order valence-electron chi connectivity index (χ4n) is 6.35. The van der Waals surface area contributed by atoms with Crippen molar-refractivity contribution in [3.63, 3.8) is 0 Å². The number of benzene rings is 2. The van der Waals surface area contributed by atoms with Crippen LogP contribution in [0, 0.1) is 5.92 Å². The number of rotatable bonds is 6. The molecule has 5 rings (SSSR count). The molecule has 1 aliphatic heterocycles. The van der Waals surface area contributed by atoms with Gasteiger partial charge in [-0.05, 0) is 66.8 Å². The molecule has 32 heavy (non-hydrogen) atoms. The van der Waals surface area contributed by atoms with Crippen LogP contribution in [0.25, 0.3) is 0 Å². The third-order valence-corrected chi connectivity index (χ3v) is 8.06. The highest BCUT2D eigenvalue weighted by Crippen LogP contribution is 2.56. The van der Waals surface area contributed by atoms with E-state index in [0.717, 1.165) is 37.1 Å². The predicted octanol–water partition coefficient (Wildman–Crippen LogP) is 6.09. The van der Waals surface area contributed by atoms with Gasteiger partial charge in [-0.2, -0.15) is 0 Å². The zero-order valence-corrected chi connectivity index (χ0v) is 19.4. The van der Waals surface area contributed by atoms with Gasteiger partial charge in [0.15, 0.2) is 0 Å². The molecule has 0 spiro atoms. The van der Waals surface area contributed by atoms with E-state index in [9.17, 15) is 4.79 Å². The first kappa shape index (κ1) is 21.6. The van der Waals surface area contributed by atoms with Crippen LogP contribution < -0.4 is 4.74 Å². The molecule has 170 valence electrons. The molecule has 2 aromatic carbocycles. The number of hydrogen-bond acceptors (Lipinski definition) is 3. The van der Waals surface area contributed by atoms with E-state index in [0.29, 0.717) is 25.0 Å². The summed E-state index contributed by atoms with van der Waals surface area (Å²) in [6, 6.07) is 16.8. The summed E-state index contributed by atoms with van der Waals surface area (Å²) < 4.78 is 11.7. The summed E-state index contributed by atoms with van der Waals surface area (Å²) in [7, 11) is 0. The van der Waals surface area contributed by atoms with Gasteiger partial charge in [0.1, 0.15) is 12.4 Å². The van der Waals surface area contributed by atoms with Gasteiger partial charge in [-0.3, -0.25) is 0 Å². The third-order valence-electron chi connectivity index (χ3n) is 7.79. The Hall–Kier alpha value is -2.20. The van der Waals surface area contributed by atoms with Crippen LogP contribution in [0.15, 0.2) is 48.5 Å². The minimum atomic E-state index is -0.164. The Morgan fingerprint density at radius 3 is 2.84 bits per heavy atom. The maximum Gasteiger partial charge on any atom is 0.410 e. The van der Waals surface area contributed by atoms with Crippen LogP contribution in [0.2, 0.25) is 0 Å². The van der Waals surface area contributed by atoms with Crippen LogP contribution in [0.3, 0.4) is 0 Å². The molecule has 2 aliphatic carbocycles. The van der Waals surface area contributed by atoms with E-state index in [4.69, 9.17) is 21.1 Å². The molecule has 2 aromatic rings. The topological polar surface area (TPSA) is 38.8 Å². The molecule has 4 nitrogen and oxygen atoms in total. The number of fused-ring (bicyclic) bond motifs is 1. The molecule has 5 heteroatoms. The average Bonchev–Trinajstić information content (AvgIpc) is 2.84. The molecule has 2 bridgehead atoms. The summed E-state index contributed by atoms with van der Waals surface area (Å²) in [5.41, 5.74) is 4.04. The number of likely N-dealkylation sites (tertiary alicyclic amines) is 1. The van der Waals surface area contributed by atoms with Gasteiger partial charge in [0.2, 0.25) is 0 Å². The normalized spacial score (nSPS) is 26.1. The van der Waals surface area contributed by atoms with Gasteiger partial charge in [0, 0.05) is 23.9 Å². The molecule has 3 atom stereocenters. The monoisotopic (exact) mass is 453 g/mol. The molecule has 1 amide bonds. The number of carbonyl (C=O) groups is 1. The van der Waals surface area contributed by atoms with E-state index in [1.165, 1.54) is 36.8 Å². The number of piperidine rings is 1. The SMILES string of the molecule is O=C(OCc1ccccc1)N1CCC23CCCCC2C1Cc1ccc(OCCCCl)cc13. The standard InChI is InChI=1S/C27H32ClNO3/c28-14-6-16-31-22-11-10-21-17-25-23-9-4-5-12-27(23,24(21)18-22)13-15-29(25)26(30)32-19-20-7-2-1-3-8-20/h1-3,7-8,10-11,18,23,25H,4-6,9,12-17,19H2. The molecule has 1 heterocycles. The van der Waals surface area contributed by atoms with E-state index in [1.54, 1.807) is 0 Å². The number of amides is 1. The lowest BCUT2D eigenvalue weighted by atomic mass is 9.52. The van der Waals surface area contributed by atoms with Crippen molar-refractivity contribution >= 4 is 17.7 Å². The largest absolute Gasteiger partial charge is 0.494 e. The van der Waals surface area contributed by atoms with Crippen LogP contribution in [0.4, 0.5) is 4.79 Å². The van der Waals surface area contributed by atoms with Gasteiger partial charge < -0.3 is 14.4 Å². The third kappa shape index (κ3) is 3.98. The number of alkyl halides is 1. The summed E-state index contributed by atoms with van der Waals surface area (Å²) in [6.45, 7) is 1.76. The summed E-state index contributed by atoms with van der Waals surface area (Å²) in [5, 5.41) is 0. The molecule has 2 fully saturated rings. The van der Waals surface area contributed by atoms with Gasteiger partial charge in [0.05, 0.1) is 6.61 Å². The first-order valence-corrected chi connectivity index (χ1v) is 12.5. The van der Waals surface area contributed by atoms with Gasteiger partial charge in [0.25, 0.3) is 0 Å². The molecular weight excluding hydrogens is 422 g/mol. The van der Waals surface area contributed by atoms with E-state index in [1.807, 2.05) is 35.2 Å². The smallest absolute Gasteiger partial charge is 0.410 e. The molecule has 1 saturated carbocycles. The van der Waals surface area contributed by atoms with Crippen molar-refractivity contribution in [1.29, 1.82) is 0 Å². The maximum atomic E-state index is 13.1. The lowest BCUT2D eigenvalue weighted by molar-refractivity contribution is -0.0137. The lowest BCUT2D eigenvalue weighted by Gasteiger charge is -2.58. The second-order valence-corrected chi connectivity index (χ2v) is 9.85. The molecule has 3 aliphatic rings. The minimum Gasteiger partial charge on any atom is -0.494 e. The highest BCUT2D eigenvalue weighted by Gasteiger charge is 2.55. The quantitative estimate of drug-likeness (QED) is 0.392. The Labute approximate surface area is 195 Å². The van der Waals surface area contributed by atoms with Crippen molar-refractivity contribution in [2.24, 2.45) is 5.92 Å². The van der Waals surface area contributed by atoms with E-state index < -0.39 is 0 Å². The molecule has 0 radical (unpaired) electrons. The van der Waals surface area contributed by atoms with Crippen LogP contribution >= 0.6 is 11.6 Å². The van der Waals surface area contributed by atoms with Crippen molar-refractivity contribution in [3.05, 3.63) is 65.2 Å². The number of carbonyl (C=O) groups excluding carboxylic acids is 1. The first-order chi connectivity index (χ1) is 15.7. The predicted molar refractivity (Wildman–Crippen MR) is 126 cm³/mol. The zero-order valence-electron chi connectivity index (χ0n) is 18.6. The second kappa shape index (κ2) is 9.35. The zero-order chi connectivity index (χ0) is 22.0. The summed E-state index contributed by atoms with van der Waals surface area (Å²) >= 11 is 5.82. The van der Waals surface area contributed by atoms with Gasteiger partial charge >= 0.3 is 6.09 Å². The molecule has 3 unspecified atom stereocenters. The Morgan fingerprint density at radius 1 is 1.12 bits per heavy atom. The Balaban J connectivity index is 1.38. The Kier molecular flexibility index (Phi) is 6.32. The molecule has 0 aromatic heterocycles. The fourth-order valence-corrected chi connectivity index (χ4v) is 6.46. The highest BCUT2D eigenvalue weighted by atomic mass is 35.5. The highest BCUT2D eigenvalue weighted by molar-refractivity contribution is 6.17. The molecular formula is C27H32ClNO3. The van der Waals surface area contributed by atoms with Crippen molar-refractivity contribution < 1.29 is 14.3 Å². The van der Waals surface area contributed by atoms with Crippen LogP contribution in [0.1, 0.15) is 55.2 Å². The maximum absolute atomic E-state index is 13.1. The number of hydrogen-bond donors (Lipinski definition) is 0. The van der Waals surface area contributed by atoms with E-state index in [-0.39, 0.29) is 17.6 Å². The van der Waals surface area contributed by atoms with Crippen molar-refractivity contribution in [2.45, 2.75) is 63.0 Å². The number of ether oxygens (including phenoxy) is 2. The van der Waals surface area contributed by atoms with Crippen LogP contribution in [-0.2, 0) is 23.2 Å². The Bertz CT molecular complexity index is 949. The second-order valence-electron chi connectivity index (χ2n) is 9.47. The van der Waals surface area contributed by atoms with E-state index in [2.05, 4.69) is 18.2 Å².